The number of aromatic hydroxyl groups is 1. The van der Waals surface area contributed by atoms with Crippen molar-refractivity contribution in [3.8, 4) is 34.0 Å². The van der Waals surface area contributed by atoms with Gasteiger partial charge >= 0.3 is 0 Å². The average molecular weight is 353 g/mol. The molecule has 27 heavy (non-hydrogen) atoms. The van der Waals surface area contributed by atoms with Crippen LogP contribution in [0.15, 0.2) is 85.2 Å². The molecule has 0 saturated heterocycles. The van der Waals surface area contributed by atoms with Crippen molar-refractivity contribution in [2.75, 3.05) is 0 Å². The second-order valence-electron chi connectivity index (χ2n) is 6.03. The summed E-state index contributed by atoms with van der Waals surface area (Å²) in [7, 11) is 0. The highest BCUT2D eigenvalue weighted by Gasteiger charge is 2.08. The van der Waals surface area contributed by atoms with E-state index in [-0.39, 0.29) is 5.75 Å². The lowest BCUT2D eigenvalue weighted by molar-refractivity contribution is 0.306. The Bertz CT molecular complexity index is 1030. The maximum Gasteiger partial charge on any atom is 0.125 e. The van der Waals surface area contributed by atoms with E-state index in [1.807, 2.05) is 60.7 Å². The van der Waals surface area contributed by atoms with Crippen molar-refractivity contribution in [3.63, 3.8) is 0 Å². The third kappa shape index (κ3) is 3.96. The van der Waals surface area contributed by atoms with Gasteiger partial charge in [0.05, 0.1) is 11.4 Å². The van der Waals surface area contributed by atoms with E-state index in [9.17, 15) is 5.11 Å². The van der Waals surface area contributed by atoms with Crippen molar-refractivity contribution >= 4 is 0 Å². The second kappa shape index (κ2) is 7.70. The molecule has 4 rings (SSSR count). The molecule has 1 aromatic heterocycles. The van der Waals surface area contributed by atoms with Crippen molar-refractivity contribution in [2.24, 2.45) is 0 Å². The van der Waals surface area contributed by atoms with Crippen LogP contribution in [0.3, 0.4) is 0 Å². The first-order valence-electron chi connectivity index (χ1n) is 8.58. The highest BCUT2D eigenvalue weighted by atomic mass is 16.5. The molecule has 131 valence electrons. The summed E-state index contributed by atoms with van der Waals surface area (Å²) in [6.45, 7) is 0.530. The fourth-order valence-electron chi connectivity index (χ4n) is 2.76. The van der Waals surface area contributed by atoms with Crippen LogP contribution in [0.4, 0.5) is 0 Å². The number of phenolic OH excluding ortho intramolecular Hbond substituents is 1. The van der Waals surface area contributed by atoms with Gasteiger partial charge in [-0.1, -0.05) is 36.4 Å². The van der Waals surface area contributed by atoms with Crippen molar-refractivity contribution in [2.45, 2.75) is 6.61 Å². The molecule has 4 heteroatoms. The molecule has 4 aromatic rings. The summed E-state index contributed by atoms with van der Waals surface area (Å²) in [5, 5.41) is 10.0. The minimum Gasteiger partial charge on any atom is -0.507 e. The number of nitrogens with zero attached hydrogens (tertiary/aromatic N) is 2. The maximum absolute atomic E-state index is 10.0. The Balaban J connectivity index is 1.52. The smallest absolute Gasteiger partial charge is 0.125 e. The Morgan fingerprint density at radius 1 is 0.889 bits per heavy atom. The molecule has 0 spiro atoms. The zero-order valence-electron chi connectivity index (χ0n) is 14.5. The van der Waals surface area contributed by atoms with Gasteiger partial charge in [0.1, 0.15) is 24.4 Å². The van der Waals surface area contributed by atoms with Gasteiger partial charge < -0.3 is 9.84 Å². The van der Waals surface area contributed by atoms with Gasteiger partial charge in [-0.3, -0.25) is 0 Å². The average Bonchev–Trinajstić information content (AvgIpc) is 2.74. The Hall–Kier alpha value is -3.66. The molecule has 4 nitrogen and oxygen atoms in total. The lowest BCUT2D eigenvalue weighted by Gasteiger charge is -2.08. The first-order valence-corrected chi connectivity index (χ1v) is 8.58. The largest absolute Gasteiger partial charge is 0.507 e. The minimum absolute atomic E-state index is 0.145. The molecule has 0 saturated carbocycles. The molecule has 0 amide bonds. The summed E-state index contributed by atoms with van der Waals surface area (Å²) >= 11 is 0. The molecular weight excluding hydrogens is 336 g/mol. The number of hydrogen-bond acceptors (Lipinski definition) is 4. The van der Waals surface area contributed by atoms with E-state index in [0.29, 0.717) is 17.9 Å². The Morgan fingerprint density at radius 2 is 1.67 bits per heavy atom. The summed E-state index contributed by atoms with van der Waals surface area (Å²) in [5.41, 5.74) is 4.17. The van der Waals surface area contributed by atoms with E-state index >= 15 is 0 Å². The Labute approximate surface area is 157 Å². The molecule has 0 unspecified atom stereocenters. The van der Waals surface area contributed by atoms with Gasteiger partial charge in [0.2, 0.25) is 0 Å². The highest BCUT2D eigenvalue weighted by Crippen LogP contribution is 2.29. The van der Waals surface area contributed by atoms with Crippen LogP contribution in [0.2, 0.25) is 0 Å². The van der Waals surface area contributed by atoms with Gasteiger partial charge in [0.15, 0.2) is 0 Å². The van der Waals surface area contributed by atoms with Gasteiger partial charge in [-0.15, -0.1) is 0 Å². The summed E-state index contributed by atoms with van der Waals surface area (Å²) in [6.07, 6.45) is 1.50. The summed E-state index contributed by atoms with van der Waals surface area (Å²) in [4.78, 5) is 8.61. The number of ether oxygens (including phenoxy) is 1. The molecule has 0 aliphatic rings. The number of hydrogen-bond donors (Lipinski definition) is 1. The van der Waals surface area contributed by atoms with Gasteiger partial charge in [0.25, 0.3) is 0 Å². The molecule has 0 bridgehead atoms. The zero-order chi connectivity index (χ0) is 18.5. The lowest BCUT2D eigenvalue weighted by atomic mass is 10.1. The van der Waals surface area contributed by atoms with Gasteiger partial charge in [0, 0.05) is 11.1 Å². The van der Waals surface area contributed by atoms with E-state index in [2.05, 4.69) is 16.0 Å². The summed E-state index contributed by atoms with van der Waals surface area (Å²) < 4.78 is 5.82. The third-order valence-corrected chi connectivity index (χ3v) is 4.18. The summed E-state index contributed by atoms with van der Waals surface area (Å²) in [5.74, 6) is 0.944. The fraction of sp³-hybridized carbons (Fsp3) is 0.0435. The molecule has 0 aliphatic heterocycles. The van der Waals surface area contributed by atoms with Gasteiger partial charge in [-0.25, -0.2) is 9.97 Å². The first kappa shape index (κ1) is 16.8. The second-order valence-corrected chi connectivity index (χ2v) is 6.03. The molecule has 1 N–H and O–H groups in total. The fourth-order valence-corrected chi connectivity index (χ4v) is 2.76. The van der Waals surface area contributed by atoms with Crippen LogP contribution in [0.5, 0.6) is 11.5 Å². The van der Waals surface area contributed by atoms with Crippen molar-refractivity contribution < 1.29 is 9.84 Å². The Kier molecular flexibility index (Phi) is 4.79. The van der Waals surface area contributed by atoms with Crippen LogP contribution >= 0.6 is 0 Å². The predicted molar refractivity (Wildman–Crippen MR) is 104 cm³/mol. The Morgan fingerprint density at radius 3 is 2.44 bits per heavy atom. The van der Waals surface area contributed by atoms with E-state index in [1.165, 1.54) is 12.4 Å². The number of aromatic nitrogens is 2. The molecule has 0 fully saturated rings. The van der Waals surface area contributed by atoms with Gasteiger partial charge in [-0.05, 0) is 54.1 Å². The van der Waals surface area contributed by atoms with E-state index in [4.69, 9.17) is 4.74 Å². The van der Waals surface area contributed by atoms with Crippen LogP contribution in [0, 0.1) is 6.07 Å². The topological polar surface area (TPSA) is 55.2 Å². The summed E-state index contributed by atoms with van der Waals surface area (Å²) in [6, 6.07) is 27.6. The molecule has 0 atom stereocenters. The van der Waals surface area contributed by atoms with Crippen LogP contribution in [0.25, 0.3) is 22.5 Å². The number of rotatable bonds is 5. The van der Waals surface area contributed by atoms with Crippen LogP contribution < -0.4 is 4.74 Å². The number of phenols is 1. The van der Waals surface area contributed by atoms with Crippen molar-refractivity contribution in [3.05, 3.63) is 96.8 Å². The first-order chi connectivity index (χ1) is 13.3. The van der Waals surface area contributed by atoms with Crippen molar-refractivity contribution in [1.29, 1.82) is 0 Å². The van der Waals surface area contributed by atoms with Crippen LogP contribution in [-0.2, 0) is 6.61 Å². The SMILES string of the molecule is Oc1c[c]ccc1-c1cc(-c2ccc(OCc3ccccc3)cc2)ncn1. The van der Waals surface area contributed by atoms with E-state index < -0.39 is 0 Å². The lowest BCUT2D eigenvalue weighted by Crippen LogP contribution is -1.95. The predicted octanol–water partition coefficient (Wildman–Crippen LogP) is 4.90. The quantitative estimate of drug-likeness (QED) is 0.555. The molecule has 1 radical (unpaired) electrons. The van der Waals surface area contributed by atoms with E-state index in [0.717, 1.165) is 22.6 Å². The van der Waals surface area contributed by atoms with E-state index in [1.54, 1.807) is 12.1 Å². The molecule has 1 heterocycles. The number of benzene rings is 3. The molecule has 3 aromatic carbocycles. The minimum atomic E-state index is 0.145. The normalized spacial score (nSPS) is 10.5. The highest BCUT2D eigenvalue weighted by molar-refractivity contribution is 5.71. The standard InChI is InChI=1S/C23H17N2O2/c26-23-9-5-4-8-20(23)22-14-21(24-16-25-22)18-10-12-19(13-11-18)27-15-17-6-2-1-3-7-17/h1-4,6-14,16,26H,15H2. The van der Waals surface area contributed by atoms with Crippen LogP contribution in [-0.4, -0.2) is 15.1 Å². The van der Waals surface area contributed by atoms with Gasteiger partial charge in [-0.2, -0.15) is 0 Å². The third-order valence-electron chi connectivity index (χ3n) is 4.18. The van der Waals surface area contributed by atoms with Crippen molar-refractivity contribution in [1.82, 2.24) is 9.97 Å². The molecular formula is C23H17N2O2. The zero-order valence-corrected chi connectivity index (χ0v) is 14.5. The van der Waals surface area contributed by atoms with Crippen LogP contribution in [0.1, 0.15) is 5.56 Å². The monoisotopic (exact) mass is 353 g/mol. The maximum atomic E-state index is 10.0. The molecule has 0 aliphatic carbocycles.